The smallest absolute Gasteiger partial charge is 0.305 e. The van der Waals surface area contributed by atoms with E-state index in [4.69, 9.17) is 0 Å². The van der Waals surface area contributed by atoms with Crippen molar-refractivity contribution in [2.24, 2.45) is 4.99 Å². The first-order chi connectivity index (χ1) is 8.49. The lowest BCUT2D eigenvalue weighted by atomic mass is 10.2. The molecule has 0 rings (SSSR count). The van der Waals surface area contributed by atoms with Crippen LogP contribution in [0.3, 0.4) is 0 Å². The predicted molar refractivity (Wildman–Crippen MR) is 69.9 cm³/mol. The summed E-state index contributed by atoms with van der Waals surface area (Å²) in [5, 5.41) is 9.23. The Morgan fingerprint density at radius 3 is 2.39 bits per heavy atom. The summed E-state index contributed by atoms with van der Waals surface area (Å²) in [4.78, 5) is 26.0. The molecular formula is C13H21NO4. The summed E-state index contributed by atoms with van der Waals surface area (Å²) in [5.41, 5.74) is 0.240. The molecular weight excluding hydrogens is 234 g/mol. The molecule has 18 heavy (non-hydrogen) atoms. The number of esters is 1. The number of allylic oxidation sites excluding steroid dienone is 2. The maximum atomic E-state index is 11.1. The fraction of sp³-hybridized carbons (Fsp3) is 0.615. The lowest BCUT2D eigenvalue weighted by Gasteiger charge is -1.99. The molecule has 0 bridgehead atoms. The minimum absolute atomic E-state index is 0.0167. The molecule has 1 N–H and O–H groups in total. The first kappa shape index (κ1) is 16.4. The van der Waals surface area contributed by atoms with Crippen LogP contribution in [0.2, 0.25) is 0 Å². The van der Waals surface area contributed by atoms with Gasteiger partial charge in [0.05, 0.1) is 12.7 Å². The molecule has 0 aliphatic rings. The van der Waals surface area contributed by atoms with Crippen LogP contribution in [0.4, 0.5) is 0 Å². The highest BCUT2D eigenvalue weighted by Crippen LogP contribution is 2.02. The van der Waals surface area contributed by atoms with Gasteiger partial charge in [0.1, 0.15) is 5.76 Å². The minimum atomic E-state index is -0.204. The van der Waals surface area contributed by atoms with Gasteiger partial charge in [-0.25, -0.2) is 0 Å². The third-order valence-corrected chi connectivity index (χ3v) is 2.39. The van der Waals surface area contributed by atoms with E-state index in [0.29, 0.717) is 13.0 Å². The zero-order chi connectivity index (χ0) is 14.0. The molecule has 0 aliphatic heterocycles. The Morgan fingerprint density at radius 2 is 1.89 bits per heavy atom. The van der Waals surface area contributed by atoms with Crippen molar-refractivity contribution in [1.82, 2.24) is 0 Å². The van der Waals surface area contributed by atoms with Gasteiger partial charge in [-0.2, -0.15) is 0 Å². The number of nitrogens with zero attached hydrogens (tertiary/aromatic N) is 1. The lowest BCUT2D eigenvalue weighted by Crippen LogP contribution is -2.02. The molecule has 102 valence electrons. The van der Waals surface area contributed by atoms with Crippen LogP contribution in [0, 0.1) is 0 Å². The second-order valence-electron chi connectivity index (χ2n) is 3.98. The van der Waals surface area contributed by atoms with Crippen molar-refractivity contribution in [3.05, 3.63) is 11.3 Å². The van der Waals surface area contributed by atoms with Crippen LogP contribution in [-0.4, -0.2) is 36.7 Å². The number of rotatable bonds is 8. The number of unbranched alkanes of at least 4 members (excludes halogenated alkanes) is 2. The van der Waals surface area contributed by atoms with Crippen LogP contribution in [0.1, 0.15) is 39.5 Å². The van der Waals surface area contributed by atoms with Crippen molar-refractivity contribution in [2.75, 3.05) is 13.7 Å². The number of ether oxygens (including phenoxy) is 1. The molecule has 0 amide bonds. The zero-order valence-electron chi connectivity index (χ0n) is 11.2. The summed E-state index contributed by atoms with van der Waals surface area (Å²) in [5.74, 6) is -0.419. The summed E-state index contributed by atoms with van der Waals surface area (Å²) >= 11 is 0. The van der Waals surface area contributed by atoms with Crippen molar-refractivity contribution in [3.63, 3.8) is 0 Å². The summed E-state index contributed by atoms with van der Waals surface area (Å²) < 4.78 is 4.52. The molecule has 0 saturated heterocycles. The highest BCUT2D eigenvalue weighted by molar-refractivity contribution is 6.12. The van der Waals surface area contributed by atoms with E-state index in [1.165, 1.54) is 27.2 Å². The number of methoxy groups -OCH3 is 1. The number of aliphatic hydroxyl groups excluding tert-OH is 1. The highest BCUT2D eigenvalue weighted by Gasteiger charge is 2.04. The molecule has 0 aliphatic carbocycles. The molecule has 5 nitrogen and oxygen atoms in total. The van der Waals surface area contributed by atoms with Crippen molar-refractivity contribution in [1.29, 1.82) is 0 Å². The topological polar surface area (TPSA) is 76.0 Å². The van der Waals surface area contributed by atoms with Crippen LogP contribution in [-0.2, 0) is 14.3 Å². The van der Waals surface area contributed by atoms with Crippen LogP contribution < -0.4 is 0 Å². The first-order valence-electron chi connectivity index (χ1n) is 5.96. The van der Waals surface area contributed by atoms with Gasteiger partial charge in [0.15, 0.2) is 5.78 Å². The number of Topliss-reactive ketones (excluding diaryl/α,β-unsaturated/α-hetero) is 1. The van der Waals surface area contributed by atoms with Crippen molar-refractivity contribution in [3.8, 4) is 0 Å². The Hall–Kier alpha value is -1.65. The molecule has 0 spiro atoms. The number of aliphatic imine (C=N–C) groups is 1. The normalized spacial score (nSPS) is 12.4. The Bertz CT molecular complexity index is 341. The van der Waals surface area contributed by atoms with Gasteiger partial charge in [0.2, 0.25) is 0 Å². The quantitative estimate of drug-likeness (QED) is 0.237. The van der Waals surface area contributed by atoms with E-state index in [2.05, 4.69) is 9.73 Å². The Balaban J connectivity index is 3.81. The third kappa shape index (κ3) is 7.60. The lowest BCUT2D eigenvalue weighted by molar-refractivity contribution is -0.140. The largest absolute Gasteiger partial charge is 0.512 e. The molecule has 0 radical (unpaired) electrons. The molecule has 0 heterocycles. The third-order valence-electron chi connectivity index (χ3n) is 2.39. The summed E-state index contributed by atoms with van der Waals surface area (Å²) in [6.45, 7) is 3.42. The van der Waals surface area contributed by atoms with E-state index in [1.807, 2.05) is 0 Å². The monoisotopic (exact) mass is 255 g/mol. The fourth-order valence-corrected chi connectivity index (χ4v) is 1.35. The SMILES string of the molecule is COC(=O)CCCCCN=C/C(C(C)=O)=C(\C)O. The molecule has 0 unspecified atom stereocenters. The number of ketones is 1. The van der Waals surface area contributed by atoms with Gasteiger partial charge in [-0.15, -0.1) is 0 Å². The standard InChI is InChI=1S/C13H21NO4/c1-10(15)12(11(2)16)9-14-8-6-4-5-7-13(17)18-3/h9,15H,4-8H2,1-3H3/b12-10-,14-9?. The van der Waals surface area contributed by atoms with Gasteiger partial charge in [-0.3, -0.25) is 14.6 Å². The van der Waals surface area contributed by atoms with Crippen LogP contribution in [0.15, 0.2) is 16.3 Å². The molecule has 0 aromatic heterocycles. The Kier molecular flexibility index (Phi) is 8.53. The van der Waals surface area contributed by atoms with Gasteiger partial charge in [-0.05, 0) is 26.7 Å². The fourth-order valence-electron chi connectivity index (χ4n) is 1.35. The van der Waals surface area contributed by atoms with Crippen molar-refractivity contribution < 1.29 is 19.4 Å². The maximum absolute atomic E-state index is 11.1. The molecule has 0 aromatic carbocycles. The molecule has 5 heteroatoms. The molecule has 0 saturated carbocycles. The number of carbonyl (C=O) groups excluding carboxylic acids is 2. The first-order valence-corrected chi connectivity index (χ1v) is 5.96. The van der Waals surface area contributed by atoms with Crippen LogP contribution in [0.5, 0.6) is 0 Å². The Morgan fingerprint density at radius 1 is 1.22 bits per heavy atom. The van der Waals surface area contributed by atoms with E-state index in [-0.39, 0.29) is 23.1 Å². The molecule has 0 atom stereocenters. The summed E-state index contributed by atoms with van der Waals surface area (Å²) in [7, 11) is 1.37. The van der Waals surface area contributed by atoms with E-state index >= 15 is 0 Å². The van der Waals surface area contributed by atoms with E-state index in [9.17, 15) is 14.7 Å². The van der Waals surface area contributed by atoms with Gasteiger partial charge in [0, 0.05) is 19.2 Å². The predicted octanol–water partition coefficient (Wildman–Crippen LogP) is 2.21. The highest BCUT2D eigenvalue weighted by atomic mass is 16.5. The molecule has 0 fully saturated rings. The van der Waals surface area contributed by atoms with Gasteiger partial charge >= 0.3 is 5.97 Å². The van der Waals surface area contributed by atoms with Gasteiger partial charge in [-0.1, -0.05) is 6.42 Å². The van der Waals surface area contributed by atoms with Gasteiger partial charge in [0.25, 0.3) is 0 Å². The van der Waals surface area contributed by atoms with Gasteiger partial charge < -0.3 is 9.84 Å². The Labute approximate surface area is 108 Å². The molecule has 0 aromatic rings. The van der Waals surface area contributed by atoms with E-state index in [0.717, 1.165) is 19.3 Å². The second-order valence-corrected chi connectivity index (χ2v) is 3.98. The van der Waals surface area contributed by atoms with Crippen molar-refractivity contribution in [2.45, 2.75) is 39.5 Å². The average molecular weight is 255 g/mol. The number of hydrogen-bond donors (Lipinski definition) is 1. The van der Waals surface area contributed by atoms with Crippen LogP contribution >= 0.6 is 0 Å². The average Bonchev–Trinajstić information content (AvgIpc) is 2.31. The summed E-state index contributed by atoms with van der Waals surface area (Å²) in [6, 6.07) is 0. The maximum Gasteiger partial charge on any atom is 0.305 e. The summed E-state index contributed by atoms with van der Waals surface area (Å²) in [6.07, 6.45) is 4.32. The van der Waals surface area contributed by atoms with E-state index in [1.54, 1.807) is 0 Å². The second kappa shape index (κ2) is 9.39. The number of aliphatic hydroxyl groups is 1. The van der Waals surface area contributed by atoms with Crippen molar-refractivity contribution >= 4 is 18.0 Å². The van der Waals surface area contributed by atoms with E-state index < -0.39 is 0 Å². The number of carbonyl (C=O) groups is 2. The minimum Gasteiger partial charge on any atom is -0.512 e. The zero-order valence-corrected chi connectivity index (χ0v) is 11.2. The number of hydrogen-bond acceptors (Lipinski definition) is 5. The van der Waals surface area contributed by atoms with Crippen LogP contribution in [0.25, 0.3) is 0 Å².